The van der Waals surface area contributed by atoms with Crippen molar-refractivity contribution in [3.8, 4) is 17.2 Å². The summed E-state index contributed by atoms with van der Waals surface area (Å²) < 4.78 is 21.8. The fourth-order valence-electron chi connectivity index (χ4n) is 3.64. The summed E-state index contributed by atoms with van der Waals surface area (Å²) in [4.78, 5) is 24.4. The van der Waals surface area contributed by atoms with Crippen LogP contribution in [0, 0.1) is 0 Å². The van der Waals surface area contributed by atoms with Crippen molar-refractivity contribution in [2.24, 2.45) is 5.10 Å². The maximum atomic E-state index is 12.4. The van der Waals surface area contributed by atoms with E-state index < -0.39 is 24.3 Å². The Kier molecular flexibility index (Phi) is 9.73. The van der Waals surface area contributed by atoms with Crippen molar-refractivity contribution < 1.29 is 33.6 Å². The van der Waals surface area contributed by atoms with E-state index in [-0.39, 0.29) is 12.2 Å². The SMILES string of the molecule is CCOc1ccc(/C=N\N[C@H](O)COc2ccc([C@H]3NC(=O)NC(C)=C3C(=O)OC)cc2OCC)cc1. The number of methoxy groups -OCH3 is 1. The molecule has 1 aliphatic rings. The molecule has 4 N–H and O–H groups in total. The summed E-state index contributed by atoms with van der Waals surface area (Å²) in [6.07, 6.45) is 0.481. The monoisotopic (exact) mass is 512 g/mol. The fraction of sp³-hybridized carbons (Fsp3) is 0.346. The standard InChI is InChI=1S/C26H32N4O7/c1-5-35-19-10-7-17(8-11-19)14-27-30-22(31)15-37-20-12-9-18(13-21(20)36-6-2)24-23(25(32)34-4)16(3)28-26(33)29-24/h7-14,22,24,30-31H,5-6,15H2,1-4H3,(H2,28,29,33)/b27-14-/t22-,24-/m1/s1. The van der Waals surface area contributed by atoms with Gasteiger partial charge in [0.1, 0.15) is 12.4 Å². The van der Waals surface area contributed by atoms with Crippen LogP contribution in [0.5, 0.6) is 17.2 Å². The van der Waals surface area contributed by atoms with Gasteiger partial charge in [-0.15, -0.1) is 0 Å². The zero-order valence-electron chi connectivity index (χ0n) is 21.2. The lowest BCUT2D eigenvalue weighted by Crippen LogP contribution is -2.45. The minimum absolute atomic E-state index is 0.115. The third kappa shape index (κ3) is 7.37. The van der Waals surface area contributed by atoms with Crippen LogP contribution in [0.4, 0.5) is 4.79 Å². The Morgan fingerprint density at radius 1 is 1.11 bits per heavy atom. The van der Waals surface area contributed by atoms with Crippen LogP contribution in [0.15, 0.2) is 58.8 Å². The number of aliphatic hydroxyl groups excluding tert-OH is 1. The highest BCUT2D eigenvalue weighted by molar-refractivity contribution is 5.95. The molecule has 198 valence electrons. The first-order valence-corrected chi connectivity index (χ1v) is 11.8. The molecule has 1 aliphatic heterocycles. The molecule has 0 saturated carbocycles. The Morgan fingerprint density at radius 3 is 2.51 bits per heavy atom. The number of amides is 2. The number of allylic oxidation sites excluding steroid dienone is 1. The molecule has 0 unspecified atom stereocenters. The van der Waals surface area contributed by atoms with Crippen LogP contribution in [0.3, 0.4) is 0 Å². The molecule has 11 heteroatoms. The Bertz CT molecular complexity index is 1150. The number of hydrazone groups is 1. The number of aliphatic hydroxyl groups is 1. The first-order chi connectivity index (χ1) is 17.9. The Morgan fingerprint density at radius 2 is 1.84 bits per heavy atom. The zero-order valence-corrected chi connectivity index (χ0v) is 21.2. The van der Waals surface area contributed by atoms with Crippen molar-refractivity contribution in [3.05, 3.63) is 64.9 Å². The number of benzene rings is 2. The highest BCUT2D eigenvalue weighted by atomic mass is 16.5. The van der Waals surface area contributed by atoms with Crippen molar-refractivity contribution in [3.63, 3.8) is 0 Å². The van der Waals surface area contributed by atoms with Crippen LogP contribution in [-0.2, 0) is 9.53 Å². The molecule has 2 atom stereocenters. The number of hydrogen-bond acceptors (Lipinski definition) is 9. The van der Waals surface area contributed by atoms with E-state index in [9.17, 15) is 14.7 Å². The summed E-state index contributed by atoms with van der Waals surface area (Å²) in [6, 6.07) is 11.2. The molecule has 2 aromatic rings. The molecule has 0 spiro atoms. The van der Waals surface area contributed by atoms with Gasteiger partial charge in [-0.1, -0.05) is 6.07 Å². The molecule has 0 radical (unpaired) electrons. The van der Waals surface area contributed by atoms with Gasteiger partial charge < -0.3 is 34.7 Å². The van der Waals surface area contributed by atoms with Gasteiger partial charge in [-0.2, -0.15) is 5.10 Å². The summed E-state index contributed by atoms with van der Waals surface area (Å²) in [5, 5.41) is 19.6. The van der Waals surface area contributed by atoms with E-state index in [2.05, 4.69) is 21.2 Å². The molecule has 0 aromatic heterocycles. The van der Waals surface area contributed by atoms with Gasteiger partial charge in [-0.25, -0.2) is 9.59 Å². The largest absolute Gasteiger partial charge is 0.494 e. The van der Waals surface area contributed by atoms with Gasteiger partial charge in [0.2, 0.25) is 0 Å². The van der Waals surface area contributed by atoms with Crippen molar-refractivity contribution >= 4 is 18.2 Å². The van der Waals surface area contributed by atoms with Crippen molar-refractivity contribution in [2.45, 2.75) is 33.0 Å². The van der Waals surface area contributed by atoms with E-state index in [4.69, 9.17) is 18.9 Å². The molecular weight excluding hydrogens is 480 g/mol. The summed E-state index contributed by atoms with van der Waals surface area (Å²) in [7, 11) is 1.28. The first kappa shape index (κ1) is 27.3. The number of nitrogens with zero attached hydrogens (tertiary/aromatic N) is 1. The molecule has 0 aliphatic carbocycles. The third-order valence-corrected chi connectivity index (χ3v) is 5.30. The molecular formula is C26H32N4O7. The molecule has 11 nitrogen and oxygen atoms in total. The summed E-state index contributed by atoms with van der Waals surface area (Å²) in [5.41, 5.74) is 4.72. The molecule has 2 aromatic carbocycles. The van der Waals surface area contributed by atoms with Gasteiger partial charge in [0.25, 0.3) is 0 Å². The van der Waals surface area contributed by atoms with Crippen LogP contribution in [0.25, 0.3) is 0 Å². The number of carbonyl (C=O) groups excluding carboxylic acids is 2. The maximum absolute atomic E-state index is 12.4. The lowest BCUT2D eigenvalue weighted by atomic mass is 9.95. The number of ether oxygens (including phenoxy) is 4. The minimum atomic E-state index is -1.09. The highest BCUT2D eigenvalue weighted by Gasteiger charge is 2.32. The number of carbonyl (C=O) groups is 2. The van der Waals surface area contributed by atoms with Gasteiger partial charge in [0.05, 0.1) is 38.2 Å². The van der Waals surface area contributed by atoms with E-state index in [1.807, 2.05) is 38.1 Å². The van der Waals surface area contributed by atoms with E-state index >= 15 is 0 Å². The zero-order chi connectivity index (χ0) is 26.8. The molecule has 2 amide bonds. The average Bonchev–Trinajstić information content (AvgIpc) is 2.88. The van der Waals surface area contributed by atoms with E-state index in [1.165, 1.54) is 7.11 Å². The Hall–Kier alpha value is -4.25. The third-order valence-electron chi connectivity index (χ3n) is 5.30. The maximum Gasteiger partial charge on any atom is 0.337 e. The second-order valence-corrected chi connectivity index (χ2v) is 7.92. The topological polar surface area (TPSA) is 140 Å². The fourth-order valence-corrected chi connectivity index (χ4v) is 3.64. The quantitative estimate of drug-likeness (QED) is 0.147. The normalized spacial score (nSPS) is 16.0. The van der Waals surface area contributed by atoms with Gasteiger partial charge in [0.15, 0.2) is 17.7 Å². The van der Waals surface area contributed by atoms with Gasteiger partial charge in [-0.3, -0.25) is 5.43 Å². The van der Waals surface area contributed by atoms with Crippen molar-refractivity contribution in [1.82, 2.24) is 16.1 Å². The minimum Gasteiger partial charge on any atom is -0.494 e. The van der Waals surface area contributed by atoms with Crippen molar-refractivity contribution in [2.75, 3.05) is 26.9 Å². The predicted molar refractivity (Wildman–Crippen MR) is 137 cm³/mol. The predicted octanol–water partition coefficient (Wildman–Crippen LogP) is 2.61. The van der Waals surface area contributed by atoms with Gasteiger partial charge >= 0.3 is 12.0 Å². The number of urea groups is 1. The summed E-state index contributed by atoms with van der Waals surface area (Å²) in [6.45, 7) is 6.20. The van der Waals surface area contributed by atoms with Crippen LogP contribution >= 0.6 is 0 Å². The second-order valence-electron chi connectivity index (χ2n) is 7.92. The van der Waals surface area contributed by atoms with Crippen LogP contribution in [-0.4, -0.2) is 56.5 Å². The number of hydrogen-bond donors (Lipinski definition) is 4. The van der Waals surface area contributed by atoms with Gasteiger partial charge in [0, 0.05) is 5.70 Å². The van der Waals surface area contributed by atoms with Gasteiger partial charge in [-0.05, 0) is 68.3 Å². The molecule has 0 bridgehead atoms. The summed E-state index contributed by atoms with van der Waals surface area (Å²) in [5.74, 6) is 0.975. The molecule has 3 rings (SSSR count). The van der Waals surface area contributed by atoms with Crippen LogP contribution in [0.1, 0.15) is 37.9 Å². The highest BCUT2D eigenvalue weighted by Crippen LogP contribution is 2.34. The lowest BCUT2D eigenvalue weighted by Gasteiger charge is -2.28. The number of rotatable bonds is 12. The molecule has 37 heavy (non-hydrogen) atoms. The molecule has 0 saturated heterocycles. The lowest BCUT2D eigenvalue weighted by molar-refractivity contribution is -0.136. The smallest absolute Gasteiger partial charge is 0.337 e. The second kappa shape index (κ2) is 13.2. The van der Waals surface area contributed by atoms with E-state index in [0.717, 1.165) is 11.3 Å². The molecule has 0 fully saturated rings. The number of esters is 1. The van der Waals surface area contributed by atoms with Crippen LogP contribution in [0.2, 0.25) is 0 Å². The van der Waals surface area contributed by atoms with Crippen LogP contribution < -0.4 is 30.3 Å². The molecule has 1 heterocycles. The Labute approximate surface area is 215 Å². The number of nitrogens with one attached hydrogen (secondary N) is 3. The van der Waals surface area contributed by atoms with E-state index in [1.54, 1.807) is 31.3 Å². The first-order valence-electron chi connectivity index (χ1n) is 11.8. The Balaban J connectivity index is 1.66. The summed E-state index contributed by atoms with van der Waals surface area (Å²) >= 11 is 0. The van der Waals surface area contributed by atoms with Crippen molar-refractivity contribution in [1.29, 1.82) is 0 Å². The van der Waals surface area contributed by atoms with E-state index in [0.29, 0.717) is 36.0 Å². The average molecular weight is 513 g/mol.